The summed E-state index contributed by atoms with van der Waals surface area (Å²) in [6, 6.07) is 14.5. The number of carbonyl (C=O) groups excluding carboxylic acids is 1. The minimum absolute atomic E-state index is 0.238. The van der Waals surface area contributed by atoms with Crippen molar-refractivity contribution in [3.63, 3.8) is 0 Å². The summed E-state index contributed by atoms with van der Waals surface area (Å²) in [5.74, 6) is 1.76. The van der Waals surface area contributed by atoms with Gasteiger partial charge in [-0.25, -0.2) is 0 Å². The number of methoxy groups -OCH3 is 1. The minimum Gasteiger partial charge on any atom is -0.497 e. The first-order valence-corrected chi connectivity index (χ1v) is 7.97. The Kier molecular flexibility index (Phi) is 6.49. The third-order valence-electron chi connectivity index (χ3n) is 3.35. The number of para-hydroxylation sites is 2. The average Bonchev–Trinajstić information content (AvgIpc) is 2.61. The van der Waals surface area contributed by atoms with Gasteiger partial charge in [0.2, 0.25) is 0 Å². The van der Waals surface area contributed by atoms with Crippen LogP contribution in [-0.2, 0) is 4.79 Å². The molecule has 0 spiro atoms. The minimum atomic E-state index is -0.641. The van der Waals surface area contributed by atoms with Gasteiger partial charge in [-0.2, -0.15) is 0 Å². The maximum absolute atomic E-state index is 12.3. The van der Waals surface area contributed by atoms with Gasteiger partial charge in [0, 0.05) is 0 Å². The number of benzene rings is 2. The molecule has 1 unspecified atom stereocenters. The van der Waals surface area contributed by atoms with E-state index in [0.717, 1.165) is 12.2 Å². The Morgan fingerprint density at radius 3 is 2.42 bits per heavy atom. The van der Waals surface area contributed by atoms with E-state index in [1.54, 1.807) is 38.3 Å². The molecule has 0 radical (unpaired) electrons. The molecule has 0 aliphatic heterocycles. The van der Waals surface area contributed by atoms with E-state index < -0.39 is 6.10 Å². The maximum atomic E-state index is 12.3. The first-order chi connectivity index (χ1) is 11.6. The molecule has 0 aliphatic carbocycles. The second kappa shape index (κ2) is 8.82. The van der Waals surface area contributed by atoms with E-state index in [2.05, 4.69) is 5.32 Å². The van der Waals surface area contributed by atoms with Crippen LogP contribution >= 0.6 is 0 Å². The molecule has 0 saturated carbocycles. The monoisotopic (exact) mass is 329 g/mol. The van der Waals surface area contributed by atoms with Crippen molar-refractivity contribution in [2.45, 2.75) is 26.4 Å². The molecule has 5 heteroatoms. The average molecular weight is 329 g/mol. The fourth-order valence-electron chi connectivity index (χ4n) is 2.05. The van der Waals surface area contributed by atoms with Crippen LogP contribution in [0.3, 0.4) is 0 Å². The van der Waals surface area contributed by atoms with Gasteiger partial charge in [0.25, 0.3) is 5.91 Å². The van der Waals surface area contributed by atoms with Crippen LogP contribution in [0.1, 0.15) is 20.3 Å². The molecule has 0 saturated heterocycles. The molecule has 0 bridgehead atoms. The largest absolute Gasteiger partial charge is 0.497 e. The Labute approximate surface area is 142 Å². The lowest BCUT2D eigenvalue weighted by Gasteiger charge is -2.17. The zero-order chi connectivity index (χ0) is 17.4. The predicted molar refractivity (Wildman–Crippen MR) is 93.9 cm³/mol. The zero-order valence-corrected chi connectivity index (χ0v) is 14.2. The standard InChI is InChI=1S/C19H23NO4/c1-4-13-23-18-8-6-5-7-17(18)20-19(21)14(2)24-16-11-9-15(22-3)10-12-16/h5-12,14H,4,13H2,1-3H3,(H,20,21). The molecule has 0 aromatic heterocycles. The molecule has 0 aliphatic rings. The van der Waals surface area contributed by atoms with E-state index in [1.807, 2.05) is 31.2 Å². The van der Waals surface area contributed by atoms with Crippen molar-refractivity contribution >= 4 is 11.6 Å². The highest BCUT2D eigenvalue weighted by Gasteiger charge is 2.16. The normalized spacial score (nSPS) is 11.5. The molecule has 1 atom stereocenters. The number of amides is 1. The van der Waals surface area contributed by atoms with Gasteiger partial charge < -0.3 is 19.5 Å². The second-order valence-electron chi connectivity index (χ2n) is 5.27. The van der Waals surface area contributed by atoms with Crippen LogP contribution in [0.25, 0.3) is 0 Å². The smallest absolute Gasteiger partial charge is 0.265 e. The maximum Gasteiger partial charge on any atom is 0.265 e. The summed E-state index contributed by atoms with van der Waals surface area (Å²) in [6.45, 7) is 4.34. The molecule has 2 aromatic rings. The topological polar surface area (TPSA) is 56.8 Å². The van der Waals surface area contributed by atoms with Crippen LogP contribution < -0.4 is 19.5 Å². The lowest BCUT2D eigenvalue weighted by atomic mass is 10.2. The molecule has 0 heterocycles. The summed E-state index contributed by atoms with van der Waals surface area (Å²) in [6.07, 6.45) is 0.261. The lowest BCUT2D eigenvalue weighted by Crippen LogP contribution is -2.30. The molecule has 128 valence electrons. The van der Waals surface area contributed by atoms with E-state index in [0.29, 0.717) is 23.8 Å². The fraction of sp³-hybridized carbons (Fsp3) is 0.316. The Balaban J connectivity index is 1.98. The summed E-state index contributed by atoms with van der Waals surface area (Å²) in [5.41, 5.74) is 0.640. The summed E-state index contributed by atoms with van der Waals surface area (Å²) >= 11 is 0. The first-order valence-electron chi connectivity index (χ1n) is 7.97. The first kappa shape index (κ1) is 17.7. The van der Waals surface area contributed by atoms with Gasteiger partial charge in [-0.05, 0) is 49.7 Å². The molecular formula is C19H23NO4. The highest BCUT2D eigenvalue weighted by molar-refractivity contribution is 5.95. The van der Waals surface area contributed by atoms with E-state index in [-0.39, 0.29) is 5.91 Å². The van der Waals surface area contributed by atoms with E-state index in [4.69, 9.17) is 14.2 Å². The van der Waals surface area contributed by atoms with Gasteiger partial charge in [0.05, 0.1) is 19.4 Å². The van der Waals surface area contributed by atoms with E-state index >= 15 is 0 Å². The van der Waals surface area contributed by atoms with Gasteiger partial charge in [-0.15, -0.1) is 0 Å². The summed E-state index contributed by atoms with van der Waals surface area (Å²) in [4.78, 5) is 12.3. The van der Waals surface area contributed by atoms with E-state index in [1.165, 1.54) is 0 Å². The van der Waals surface area contributed by atoms with Crippen LogP contribution in [-0.4, -0.2) is 25.7 Å². The van der Waals surface area contributed by atoms with Crippen LogP contribution in [0.15, 0.2) is 48.5 Å². The number of carbonyl (C=O) groups is 1. The lowest BCUT2D eigenvalue weighted by molar-refractivity contribution is -0.122. The fourth-order valence-corrected chi connectivity index (χ4v) is 2.05. The van der Waals surface area contributed by atoms with Crippen molar-refractivity contribution in [1.82, 2.24) is 0 Å². The van der Waals surface area contributed by atoms with Gasteiger partial charge in [-0.1, -0.05) is 19.1 Å². The predicted octanol–water partition coefficient (Wildman–Crippen LogP) is 3.89. The number of nitrogens with one attached hydrogen (secondary N) is 1. The molecule has 0 fully saturated rings. The van der Waals surface area contributed by atoms with E-state index in [9.17, 15) is 4.79 Å². The molecule has 5 nitrogen and oxygen atoms in total. The number of ether oxygens (including phenoxy) is 3. The molecule has 1 N–H and O–H groups in total. The van der Waals surface area contributed by atoms with Gasteiger partial charge in [-0.3, -0.25) is 4.79 Å². The number of anilines is 1. The Morgan fingerprint density at radius 1 is 1.08 bits per heavy atom. The summed E-state index contributed by atoms with van der Waals surface area (Å²) < 4.78 is 16.4. The number of hydrogen-bond acceptors (Lipinski definition) is 4. The summed E-state index contributed by atoms with van der Waals surface area (Å²) in [7, 11) is 1.60. The van der Waals surface area contributed by atoms with Crippen LogP contribution in [0.2, 0.25) is 0 Å². The highest BCUT2D eigenvalue weighted by Crippen LogP contribution is 2.24. The van der Waals surface area contributed by atoms with Gasteiger partial charge in [0.1, 0.15) is 17.2 Å². The quantitative estimate of drug-likeness (QED) is 0.798. The molecule has 2 aromatic carbocycles. The van der Waals surface area contributed by atoms with Crippen molar-refractivity contribution in [3.05, 3.63) is 48.5 Å². The van der Waals surface area contributed by atoms with Crippen LogP contribution in [0.4, 0.5) is 5.69 Å². The van der Waals surface area contributed by atoms with Crippen molar-refractivity contribution in [2.24, 2.45) is 0 Å². The highest BCUT2D eigenvalue weighted by atomic mass is 16.5. The summed E-state index contributed by atoms with van der Waals surface area (Å²) in [5, 5.41) is 2.85. The third kappa shape index (κ3) is 4.91. The Morgan fingerprint density at radius 2 is 1.75 bits per heavy atom. The SMILES string of the molecule is CCCOc1ccccc1NC(=O)C(C)Oc1ccc(OC)cc1. The van der Waals surface area contributed by atoms with Crippen LogP contribution in [0, 0.1) is 0 Å². The van der Waals surface area contributed by atoms with Gasteiger partial charge in [0.15, 0.2) is 6.10 Å². The zero-order valence-electron chi connectivity index (χ0n) is 14.2. The van der Waals surface area contributed by atoms with Crippen LogP contribution in [0.5, 0.6) is 17.2 Å². The van der Waals surface area contributed by atoms with Gasteiger partial charge >= 0.3 is 0 Å². The second-order valence-corrected chi connectivity index (χ2v) is 5.27. The molecule has 24 heavy (non-hydrogen) atoms. The molecule has 1 amide bonds. The number of rotatable bonds is 8. The Bertz CT molecular complexity index is 655. The van der Waals surface area contributed by atoms with Crippen molar-refractivity contribution in [3.8, 4) is 17.2 Å². The molecular weight excluding hydrogens is 306 g/mol. The Hall–Kier alpha value is -2.69. The third-order valence-corrected chi connectivity index (χ3v) is 3.35. The van der Waals surface area contributed by atoms with Crippen molar-refractivity contribution < 1.29 is 19.0 Å². The van der Waals surface area contributed by atoms with Crippen molar-refractivity contribution in [1.29, 1.82) is 0 Å². The van der Waals surface area contributed by atoms with Crippen molar-refractivity contribution in [2.75, 3.05) is 19.0 Å². The molecule has 2 rings (SSSR count). The number of hydrogen-bond donors (Lipinski definition) is 1.